The zero-order chi connectivity index (χ0) is 13.1. The van der Waals surface area contributed by atoms with E-state index in [1.54, 1.807) is 7.11 Å². The van der Waals surface area contributed by atoms with Gasteiger partial charge in [0, 0.05) is 12.5 Å². The van der Waals surface area contributed by atoms with Crippen LogP contribution in [0.5, 0.6) is 11.5 Å². The SMILES string of the molecule is COc1c(Cl)cc(C(C)CO)cc1OCC1CC1. The lowest BCUT2D eigenvalue weighted by molar-refractivity contribution is 0.269. The molecule has 18 heavy (non-hydrogen) atoms. The van der Waals surface area contributed by atoms with Gasteiger partial charge < -0.3 is 14.6 Å². The molecule has 4 heteroatoms. The summed E-state index contributed by atoms with van der Waals surface area (Å²) < 4.78 is 11.1. The van der Waals surface area contributed by atoms with E-state index in [2.05, 4.69) is 0 Å². The molecule has 0 bridgehead atoms. The van der Waals surface area contributed by atoms with Crippen LogP contribution in [0.1, 0.15) is 31.2 Å². The molecule has 3 nitrogen and oxygen atoms in total. The maximum atomic E-state index is 9.21. The van der Waals surface area contributed by atoms with E-state index < -0.39 is 0 Å². The molecule has 0 aromatic heterocycles. The zero-order valence-corrected chi connectivity index (χ0v) is 11.5. The summed E-state index contributed by atoms with van der Waals surface area (Å²) in [5, 5.41) is 9.74. The molecule has 1 aliphatic carbocycles. The smallest absolute Gasteiger partial charge is 0.179 e. The number of halogens is 1. The summed E-state index contributed by atoms with van der Waals surface area (Å²) in [5.41, 5.74) is 0.967. The number of methoxy groups -OCH3 is 1. The molecule has 1 fully saturated rings. The first kappa shape index (κ1) is 13.5. The number of rotatable bonds is 6. The van der Waals surface area contributed by atoms with Crippen molar-refractivity contribution in [1.82, 2.24) is 0 Å². The first-order chi connectivity index (χ1) is 8.65. The van der Waals surface area contributed by atoms with Crippen LogP contribution in [0.3, 0.4) is 0 Å². The molecule has 1 aromatic rings. The molecule has 0 saturated heterocycles. The summed E-state index contributed by atoms with van der Waals surface area (Å²) in [7, 11) is 1.58. The van der Waals surface area contributed by atoms with Gasteiger partial charge in [0.15, 0.2) is 11.5 Å². The van der Waals surface area contributed by atoms with Crippen molar-refractivity contribution in [3.63, 3.8) is 0 Å². The number of benzene rings is 1. The fraction of sp³-hybridized carbons (Fsp3) is 0.571. The number of aliphatic hydroxyl groups excluding tert-OH is 1. The van der Waals surface area contributed by atoms with Crippen LogP contribution >= 0.6 is 11.6 Å². The summed E-state index contributed by atoms with van der Waals surface area (Å²) >= 11 is 6.18. The molecule has 2 rings (SSSR count). The van der Waals surface area contributed by atoms with Crippen molar-refractivity contribution in [3.05, 3.63) is 22.7 Å². The summed E-state index contributed by atoms with van der Waals surface area (Å²) in [6.45, 7) is 2.75. The van der Waals surface area contributed by atoms with Crippen molar-refractivity contribution in [1.29, 1.82) is 0 Å². The Hall–Kier alpha value is -0.930. The Labute approximate surface area is 113 Å². The lowest BCUT2D eigenvalue weighted by atomic mass is 10.0. The molecular formula is C14H19ClO3. The van der Waals surface area contributed by atoms with Crippen LogP contribution in [-0.4, -0.2) is 25.4 Å². The topological polar surface area (TPSA) is 38.7 Å². The highest BCUT2D eigenvalue weighted by atomic mass is 35.5. The Morgan fingerprint density at radius 3 is 2.72 bits per heavy atom. The van der Waals surface area contributed by atoms with E-state index in [4.69, 9.17) is 21.1 Å². The Balaban J connectivity index is 2.23. The third-order valence-electron chi connectivity index (χ3n) is 3.25. The summed E-state index contributed by atoms with van der Waals surface area (Å²) in [6.07, 6.45) is 2.48. The van der Waals surface area contributed by atoms with Gasteiger partial charge in [-0.15, -0.1) is 0 Å². The highest BCUT2D eigenvalue weighted by Crippen LogP contribution is 2.39. The van der Waals surface area contributed by atoms with E-state index >= 15 is 0 Å². The molecular weight excluding hydrogens is 252 g/mol. The first-order valence-electron chi connectivity index (χ1n) is 6.26. The summed E-state index contributed by atoms with van der Waals surface area (Å²) in [4.78, 5) is 0. The molecule has 0 aliphatic heterocycles. The molecule has 0 spiro atoms. The second-order valence-corrected chi connectivity index (χ2v) is 5.28. The van der Waals surface area contributed by atoms with Crippen molar-refractivity contribution in [3.8, 4) is 11.5 Å². The van der Waals surface area contributed by atoms with Crippen LogP contribution in [0.2, 0.25) is 5.02 Å². The van der Waals surface area contributed by atoms with Crippen LogP contribution in [0.25, 0.3) is 0 Å². The monoisotopic (exact) mass is 270 g/mol. The van der Waals surface area contributed by atoms with E-state index in [-0.39, 0.29) is 12.5 Å². The third kappa shape index (κ3) is 3.09. The van der Waals surface area contributed by atoms with Crippen LogP contribution in [0, 0.1) is 5.92 Å². The van der Waals surface area contributed by atoms with Crippen LogP contribution in [0.4, 0.5) is 0 Å². The minimum atomic E-state index is 0.0386. The van der Waals surface area contributed by atoms with Gasteiger partial charge in [-0.3, -0.25) is 0 Å². The number of hydrogen-bond donors (Lipinski definition) is 1. The minimum absolute atomic E-state index is 0.0386. The van der Waals surface area contributed by atoms with Gasteiger partial charge in [-0.1, -0.05) is 18.5 Å². The fourth-order valence-corrected chi connectivity index (χ4v) is 2.07. The lowest BCUT2D eigenvalue weighted by Crippen LogP contribution is -2.04. The second-order valence-electron chi connectivity index (χ2n) is 4.87. The van der Waals surface area contributed by atoms with Gasteiger partial charge in [-0.25, -0.2) is 0 Å². The number of hydrogen-bond acceptors (Lipinski definition) is 3. The molecule has 1 aliphatic rings. The summed E-state index contributed by atoms with van der Waals surface area (Å²) in [5.74, 6) is 1.96. The number of aliphatic hydroxyl groups is 1. The van der Waals surface area contributed by atoms with Crippen molar-refractivity contribution in [2.75, 3.05) is 20.3 Å². The molecule has 0 amide bonds. The second kappa shape index (κ2) is 5.81. The predicted octanol–water partition coefficient (Wildman–Crippen LogP) is 3.23. The maximum absolute atomic E-state index is 9.21. The molecule has 1 atom stereocenters. The van der Waals surface area contributed by atoms with E-state index in [0.29, 0.717) is 29.0 Å². The normalized spacial score (nSPS) is 16.4. The summed E-state index contributed by atoms with van der Waals surface area (Å²) in [6, 6.07) is 3.74. The van der Waals surface area contributed by atoms with E-state index in [0.717, 1.165) is 5.56 Å². The van der Waals surface area contributed by atoms with Crippen LogP contribution in [-0.2, 0) is 0 Å². The highest BCUT2D eigenvalue weighted by molar-refractivity contribution is 6.32. The molecule has 0 radical (unpaired) electrons. The van der Waals surface area contributed by atoms with Gasteiger partial charge in [0.05, 0.1) is 18.7 Å². The van der Waals surface area contributed by atoms with Gasteiger partial charge in [-0.2, -0.15) is 0 Å². The van der Waals surface area contributed by atoms with Gasteiger partial charge in [0.1, 0.15) is 0 Å². The Kier molecular flexibility index (Phi) is 4.36. The molecule has 0 heterocycles. The molecule has 100 valence electrons. The molecule has 1 saturated carbocycles. The minimum Gasteiger partial charge on any atom is -0.491 e. The van der Waals surface area contributed by atoms with Crippen molar-refractivity contribution >= 4 is 11.6 Å². The lowest BCUT2D eigenvalue weighted by Gasteiger charge is -2.16. The average Bonchev–Trinajstić information content (AvgIpc) is 3.18. The largest absolute Gasteiger partial charge is 0.491 e. The Morgan fingerprint density at radius 1 is 1.44 bits per heavy atom. The maximum Gasteiger partial charge on any atom is 0.179 e. The van der Waals surface area contributed by atoms with E-state index in [1.165, 1.54) is 12.8 Å². The molecule has 1 aromatic carbocycles. The van der Waals surface area contributed by atoms with Gasteiger partial charge in [-0.05, 0) is 36.5 Å². The molecule has 1 N–H and O–H groups in total. The third-order valence-corrected chi connectivity index (χ3v) is 3.53. The van der Waals surface area contributed by atoms with Gasteiger partial charge >= 0.3 is 0 Å². The number of ether oxygens (including phenoxy) is 2. The fourth-order valence-electron chi connectivity index (χ4n) is 1.78. The van der Waals surface area contributed by atoms with Gasteiger partial charge in [0.2, 0.25) is 0 Å². The van der Waals surface area contributed by atoms with Crippen LogP contribution in [0.15, 0.2) is 12.1 Å². The quantitative estimate of drug-likeness (QED) is 0.863. The molecule has 1 unspecified atom stereocenters. The van der Waals surface area contributed by atoms with Gasteiger partial charge in [0.25, 0.3) is 0 Å². The van der Waals surface area contributed by atoms with Crippen molar-refractivity contribution in [2.24, 2.45) is 5.92 Å². The predicted molar refractivity (Wildman–Crippen MR) is 71.7 cm³/mol. The highest BCUT2D eigenvalue weighted by Gasteiger charge is 2.23. The zero-order valence-electron chi connectivity index (χ0n) is 10.8. The van der Waals surface area contributed by atoms with Crippen LogP contribution < -0.4 is 9.47 Å². The van der Waals surface area contributed by atoms with Crippen molar-refractivity contribution in [2.45, 2.75) is 25.7 Å². The standard InChI is InChI=1S/C14H19ClO3/c1-9(7-16)11-5-12(15)14(17-2)13(6-11)18-8-10-3-4-10/h5-6,9-10,16H,3-4,7-8H2,1-2H3. The van der Waals surface area contributed by atoms with E-state index in [1.807, 2.05) is 19.1 Å². The Bertz CT molecular complexity index is 416. The average molecular weight is 271 g/mol. The Morgan fingerprint density at radius 2 is 2.17 bits per heavy atom. The van der Waals surface area contributed by atoms with E-state index in [9.17, 15) is 5.11 Å². The van der Waals surface area contributed by atoms with Crippen molar-refractivity contribution < 1.29 is 14.6 Å². The first-order valence-corrected chi connectivity index (χ1v) is 6.64.